The molecule has 6 heteroatoms. The summed E-state index contributed by atoms with van der Waals surface area (Å²) in [5.74, 6) is -1.66. The quantitative estimate of drug-likeness (QED) is 0.458. The predicted molar refractivity (Wildman–Crippen MR) is 58.7 cm³/mol. The fourth-order valence-electron chi connectivity index (χ4n) is 1.00. The first-order valence-corrected chi connectivity index (χ1v) is 5.04. The molecule has 1 atom stereocenters. The second-order valence-electron chi connectivity index (χ2n) is 4.62. The van der Waals surface area contributed by atoms with Gasteiger partial charge in [-0.2, -0.15) is 0 Å². The van der Waals surface area contributed by atoms with Crippen LogP contribution in [0.2, 0.25) is 0 Å². The van der Waals surface area contributed by atoms with Crippen molar-refractivity contribution >= 4 is 11.9 Å². The zero-order valence-corrected chi connectivity index (χ0v) is 10.2. The van der Waals surface area contributed by atoms with Crippen molar-refractivity contribution in [3.63, 3.8) is 0 Å². The first kappa shape index (κ1) is 14.9. The van der Waals surface area contributed by atoms with Crippen molar-refractivity contribution in [2.45, 2.75) is 44.9 Å². The summed E-state index contributed by atoms with van der Waals surface area (Å²) in [5.41, 5.74) is 3.64. The number of aliphatic carboxylic acids is 1. The Kier molecular flexibility index (Phi) is 4.89. The Morgan fingerprint density at radius 2 is 1.88 bits per heavy atom. The molecule has 0 amide bonds. The van der Waals surface area contributed by atoms with Gasteiger partial charge in [0.05, 0.1) is 0 Å². The van der Waals surface area contributed by atoms with E-state index in [2.05, 4.69) is 5.32 Å². The van der Waals surface area contributed by atoms with Gasteiger partial charge < -0.3 is 15.6 Å². The average molecular weight is 232 g/mol. The van der Waals surface area contributed by atoms with Gasteiger partial charge in [-0.05, 0) is 34.2 Å². The average Bonchev–Trinajstić information content (AvgIpc) is 2.11. The molecule has 0 fully saturated rings. The van der Waals surface area contributed by atoms with Gasteiger partial charge in [-0.1, -0.05) is 0 Å². The van der Waals surface area contributed by atoms with Crippen molar-refractivity contribution in [2.24, 2.45) is 5.73 Å². The number of esters is 1. The largest absolute Gasteiger partial charge is 0.481 e. The molecule has 6 nitrogen and oxygen atoms in total. The van der Waals surface area contributed by atoms with Crippen LogP contribution in [0.5, 0.6) is 0 Å². The molecule has 0 aliphatic rings. The van der Waals surface area contributed by atoms with Gasteiger partial charge in [0, 0.05) is 6.42 Å². The van der Waals surface area contributed by atoms with Gasteiger partial charge in [0.1, 0.15) is 5.60 Å². The lowest BCUT2D eigenvalue weighted by molar-refractivity contribution is -0.163. The molecule has 0 bridgehead atoms. The number of carboxylic acids is 1. The maximum absolute atomic E-state index is 11.7. The van der Waals surface area contributed by atoms with Crippen LogP contribution >= 0.6 is 0 Å². The minimum absolute atomic E-state index is 0.0201. The fourth-order valence-corrected chi connectivity index (χ4v) is 1.00. The fraction of sp³-hybridized carbons (Fsp3) is 0.800. The van der Waals surface area contributed by atoms with Gasteiger partial charge in [-0.15, -0.1) is 0 Å². The van der Waals surface area contributed by atoms with Gasteiger partial charge >= 0.3 is 11.9 Å². The molecule has 0 saturated heterocycles. The lowest BCUT2D eigenvalue weighted by Gasteiger charge is -2.30. The highest BCUT2D eigenvalue weighted by atomic mass is 16.6. The Bertz CT molecular complexity index is 272. The van der Waals surface area contributed by atoms with E-state index in [1.54, 1.807) is 20.8 Å². The molecule has 0 heterocycles. The van der Waals surface area contributed by atoms with Crippen LogP contribution in [0.15, 0.2) is 0 Å². The summed E-state index contributed by atoms with van der Waals surface area (Å²) < 4.78 is 5.11. The lowest BCUT2D eigenvalue weighted by atomic mass is 10.0. The predicted octanol–water partition coefficient (Wildman–Crippen LogP) is 0.0673. The number of hydrogen-bond acceptors (Lipinski definition) is 5. The lowest BCUT2D eigenvalue weighted by Crippen LogP contribution is -2.60. The van der Waals surface area contributed by atoms with E-state index in [1.807, 2.05) is 0 Å². The minimum atomic E-state index is -1.45. The summed E-state index contributed by atoms with van der Waals surface area (Å²) in [4.78, 5) is 22.2. The van der Waals surface area contributed by atoms with Crippen molar-refractivity contribution in [3.8, 4) is 0 Å². The zero-order chi connectivity index (χ0) is 13.0. The van der Waals surface area contributed by atoms with E-state index in [1.165, 1.54) is 7.05 Å². The molecule has 94 valence electrons. The number of nitrogens with one attached hydrogen (secondary N) is 1. The standard InChI is InChI=1S/C10H20N2O4/c1-9(2,3)16-8(15)10(11,12-4)6-5-7(13)14/h12H,5-6,11H2,1-4H3,(H,13,14). The molecular formula is C10H20N2O4. The second kappa shape index (κ2) is 5.27. The summed E-state index contributed by atoms with van der Waals surface area (Å²) in [6.07, 6.45) is -0.218. The minimum Gasteiger partial charge on any atom is -0.481 e. The summed E-state index contributed by atoms with van der Waals surface area (Å²) in [7, 11) is 1.49. The normalized spacial score (nSPS) is 15.3. The van der Waals surface area contributed by atoms with Crippen LogP contribution in [0.4, 0.5) is 0 Å². The molecular weight excluding hydrogens is 212 g/mol. The van der Waals surface area contributed by atoms with Gasteiger partial charge in [0.25, 0.3) is 0 Å². The van der Waals surface area contributed by atoms with Crippen LogP contribution in [0.3, 0.4) is 0 Å². The van der Waals surface area contributed by atoms with Crippen molar-refractivity contribution < 1.29 is 19.4 Å². The van der Waals surface area contributed by atoms with Crippen molar-refractivity contribution in [3.05, 3.63) is 0 Å². The molecule has 0 aliphatic carbocycles. The van der Waals surface area contributed by atoms with E-state index in [9.17, 15) is 9.59 Å². The Hall–Kier alpha value is -1.14. The highest BCUT2D eigenvalue weighted by Gasteiger charge is 2.36. The first-order valence-electron chi connectivity index (χ1n) is 5.04. The summed E-state index contributed by atoms with van der Waals surface area (Å²) in [5, 5.41) is 11.1. The van der Waals surface area contributed by atoms with Crippen LogP contribution in [-0.4, -0.2) is 35.4 Å². The van der Waals surface area contributed by atoms with Crippen LogP contribution in [0, 0.1) is 0 Å². The molecule has 0 aromatic rings. The zero-order valence-electron chi connectivity index (χ0n) is 10.2. The van der Waals surface area contributed by atoms with Crippen molar-refractivity contribution in [1.82, 2.24) is 5.32 Å². The number of nitrogens with two attached hydrogens (primary N) is 1. The molecule has 16 heavy (non-hydrogen) atoms. The smallest absolute Gasteiger partial charge is 0.341 e. The number of hydrogen-bond donors (Lipinski definition) is 3. The van der Waals surface area contributed by atoms with E-state index < -0.39 is 23.2 Å². The van der Waals surface area contributed by atoms with Crippen molar-refractivity contribution in [1.29, 1.82) is 0 Å². The third-order valence-corrected chi connectivity index (χ3v) is 1.94. The number of ether oxygens (including phenoxy) is 1. The van der Waals surface area contributed by atoms with E-state index in [0.29, 0.717) is 0 Å². The molecule has 0 aliphatic heterocycles. The topological polar surface area (TPSA) is 102 Å². The molecule has 1 unspecified atom stereocenters. The van der Waals surface area contributed by atoms with Crippen molar-refractivity contribution in [2.75, 3.05) is 7.05 Å². The highest BCUT2D eigenvalue weighted by Crippen LogP contribution is 2.14. The number of carbonyl (C=O) groups is 2. The first-order chi connectivity index (χ1) is 7.10. The third-order valence-electron chi connectivity index (χ3n) is 1.94. The maximum atomic E-state index is 11.7. The molecule has 0 saturated carbocycles. The Morgan fingerprint density at radius 1 is 1.38 bits per heavy atom. The summed E-state index contributed by atoms with van der Waals surface area (Å²) >= 11 is 0. The third kappa shape index (κ3) is 5.09. The molecule has 0 radical (unpaired) electrons. The van der Waals surface area contributed by atoms with E-state index >= 15 is 0 Å². The maximum Gasteiger partial charge on any atom is 0.341 e. The number of carboxylic acid groups (broad SMARTS) is 1. The Morgan fingerprint density at radius 3 is 2.19 bits per heavy atom. The SMILES string of the molecule is CNC(N)(CCC(=O)O)C(=O)OC(C)(C)C. The molecule has 4 N–H and O–H groups in total. The highest BCUT2D eigenvalue weighted by molar-refractivity contribution is 5.81. The molecule has 0 rings (SSSR count). The van der Waals surface area contributed by atoms with E-state index in [-0.39, 0.29) is 12.8 Å². The van der Waals surface area contributed by atoms with Gasteiger partial charge in [-0.25, -0.2) is 4.79 Å². The molecule has 0 aromatic carbocycles. The molecule has 0 spiro atoms. The monoisotopic (exact) mass is 232 g/mol. The van der Waals surface area contributed by atoms with Crippen LogP contribution in [0.25, 0.3) is 0 Å². The van der Waals surface area contributed by atoms with E-state index in [4.69, 9.17) is 15.6 Å². The Balaban J connectivity index is 4.56. The van der Waals surface area contributed by atoms with Crippen LogP contribution in [-0.2, 0) is 14.3 Å². The number of rotatable bonds is 5. The second-order valence-corrected chi connectivity index (χ2v) is 4.62. The molecule has 0 aromatic heterocycles. The van der Waals surface area contributed by atoms with Crippen LogP contribution < -0.4 is 11.1 Å². The van der Waals surface area contributed by atoms with Crippen LogP contribution in [0.1, 0.15) is 33.6 Å². The number of likely N-dealkylation sites (N-methyl/N-ethyl adjacent to an activating group) is 1. The van der Waals surface area contributed by atoms with Gasteiger partial charge in [0.15, 0.2) is 5.66 Å². The Labute approximate surface area is 95.1 Å². The summed E-state index contributed by atoms with van der Waals surface area (Å²) in [6.45, 7) is 5.16. The van der Waals surface area contributed by atoms with Gasteiger partial charge in [-0.3, -0.25) is 10.1 Å². The summed E-state index contributed by atoms with van der Waals surface area (Å²) in [6, 6.07) is 0. The van der Waals surface area contributed by atoms with Gasteiger partial charge in [0.2, 0.25) is 0 Å². The van der Waals surface area contributed by atoms with E-state index in [0.717, 1.165) is 0 Å². The number of carbonyl (C=O) groups excluding carboxylic acids is 1.